The highest BCUT2D eigenvalue weighted by molar-refractivity contribution is 5.94. The van der Waals surface area contributed by atoms with Crippen molar-refractivity contribution in [3.63, 3.8) is 0 Å². The van der Waals surface area contributed by atoms with Crippen LogP contribution in [0.1, 0.15) is 35.1 Å². The number of nitrogens with one attached hydrogen (secondary N) is 1. The average Bonchev–Trinajstić information content (AvgIpc) is 3.21. The van der Waals surface area contributed by atoms with E-state index in [1.807, 2.05) is 29.2 Å². The number of aromatic amines is 1. The van der Waals surface area contributed by atoms with Crippen LogP contribution in [0, 0.1) is 0 Å². The van der Waals surface area contributed by atoms with Gasteiger partial charge in [0.15, 0.2) is 0 Å². The van der Waals surface area contributed by atoms with Crippen molar-refractivity contribution in [2.24, 2.45) is 0 Å². The van der Waals surface area contributed by atoms with Crippen LogP contribution in [0.4, 0.5) is 0 Å². The first-order valence-corrected chi connectivity index (χ1v) is 7.48. The Kier molecular flexibility index (Phi) is 3.11. The van der Waals surface area contributed by atoms with Crippen LogP contribution >= 0.6 is 0 Å². The Morgan fingerprint density at radius 3 is 2.82 bits per heavy atom. The van der Waals surface area contributed by atoms with Gasteiger partial charge in [-0.25, -0.2) is 4.98 Å². The molecule has 1 atom stereocenters. The SMILES string of the molecule is O=C(c1ccncc1)N1CCC[C@H]1c1nc2ccccc2[nH]1. The van der Waals surface area contributed by atoms with Gasteiger partial charge in [-0.3, -0.25) is 9.78 Å². The molecule has 0 unspecified atom stereocenters. The number of fused-ring (bicyclic) bond motifs is 1. The van der Waals surface area contributed by atoms with Gasteiger partial charge in [-0.2, -0.15) is 0 Å². The summed E-state index contributed by atoms with van der Waals surface area (Å²) in [5, 5.41) is 0. The number of H-pyrrole nitrogens is 1. The van der Waals surface area contributed by atoms with Crippen molar-refractivity contribution in [1.82, 2.24) is 19.9 Å². The fraction of sp³-hybridized carbons (Fsp3) is 0.235. The first-order chi connectivity index (χ1) is 10.8. The summed E-state index contributed by atoms with van der Waals surface area (Å²) < 4.78 is 0. The van der Waals surface area contributed by atoms with E-state index in [1.54, 1.807) is 24.5 Å². The van der Waals surface area contributed by atoms with E-state index in [4.69, 9.17) is 0 Å². The highest BCUT2D eigenvalue weighted by Gasteiger charge is 2.32. The molecule has 2 aromatic heterocycles. The average molecular weight is 292 g/mol. The zero-order valence-corrected chi connectivity index (χ0v) is 12.1. The number of likely N-dealkylation sites (tertiary alicyclic amines) is 1. The van der Waals surface area contributed by atoms with E-state index < -0.39 is 0 Å². The summed E-state index contributed by atoms with van der Waals surface area (Å²) in [5.41, 5.74) is 2.64. The Morgan fingerprint density at radius 2 is 2.00 bits per heavy atom. The fourth-order valence-electron chi connectivity index (χ4n) is 3.08. The molecule has 5 heteroatoms. The Bertz CT molecular complexity index is 779. The maximum Gasteiger partial charge on any atom is 0.254 e. The Morgan fingerprint density at radius 1 is 1.18 bits per heavy atom. The molecule has 0 radical (unpaired) electrons. The van der Waals surface area contributed by atoms with Crippen LogP contribution in [-0.2, 0) is 0 Å². The normalized spacial score (nSPS) is 18.0. The first kappa shape index (κ1) is 13.0. The zero-order chi connectivity index (χ0) is 14.9. The molecule has 0 spiro atoms. The summed E-state index contributed by atoms with van der Waals surface area (Å²) in [7, 11) is 0. The maximum absolute atomic E-state index is 12.7. The number of benzene rings is 1. The number of nitrogens with zero attached hydrogens (tertiary/aromatic N) is 3. The summed E-state index contributed by atoms with van der Waals surface area (Å²) in [6, 6.07) is 11.5. The van der Waals surface area contributed by atoms with E-state index >= 15 is 0 Å². The number of aromatic nitrogens is 3. The second kappa shape index (κ2) is 5.26. The number of imidazole rings is 1. The second-order valence-corrected chi connectivity index (χ2v) is 5.53. The number of carbonyl (C=O) groups is 1. The molecular weight excluding hydrogens is 276 g/mol. The van der Waals surface area contributed by atoms with Gasteiger partial charge in [-0.15, -0.1) is 0 Å². The molecule has 5 nitrogen and oxygen atoms in total. The standard InChI is InChI=1S/C17H16N4O/c22-17(12-7-9-18-10-8-12)21-11-3-6-15(21)16-19-13-4-1-2-5-14(13)20-16/h1-2,4-5,7-10,15H,3,6,11H2,(H,19,20)/t15-/m0/s1. The lowest BCUT2D eigenvalue weighted by Crippen LogP contribution is -2.31. The molecule has 1 N–H and O–H groups in total. The predicted octanol–water partition coefficient (Wildman–Crippen LogP) is 2.94. The van der Waals surface area contributed by atoms with Gasteiger partial charge in [-0.05, 0) is 37.1 Å². The molecule has 1 fully saturated rings. The van der Waals surface area contributed by atoms with Crippen LogP contribution in [-0.4, -0.2) is 32.3 Å². The number of pyridine rings is 1. The second-order valence-electron chi connectivity index (χ2n) is 5.53. The molecule has 3 heterocycles. The number of amides is 1. The van der Waals surface area contributed by atoms with Crippen molar-refractivity contribution in [3.05, 3.63) is 60.2 Å². The minimum atomic E-state index is 0.0214. The van der Waals surface area contributed by atoms with Crippen LogP contribution in [0.15, 0.2) is 48.8 Å². The van der Waals surface area contributed by atoms with Crippen molar-refractivity contribution in [1.29, 1.82) is 0 Å². The molecule has 22 heavy (non-hydrogen) atoms. The molecule has 110 valence electrons. The number of para-hydroxylation sites is 2. The maximum atomic E-state index is 12.7. The highest BCUT2D eigenvalue weighted by Crippen LogP contribution is 2.32. The Labute approximate surface area is 128 Å². The van der Waals surface area contributed by atoms with Crippen molar-refractivity contribution >= 4 is 16.9 Å². The van der Waals surface area contributed by atoms with Crippen molar-refractivity contribution in [3.8, 4) is 0 Å². The molecule has 0 aliphatic carbocycles. The molecule has 0 saturated carbocycles. The number of hydrogen-bond donors (Lipinski definition) is 1. The molecule has 1 aliphatic rings. The quantitative estimate of drug-likeness (QED) is 0.790. The van der Waals surface area contributed by atoms with Crippen LogP contribution in [0.3, 0.4) is 0 Å². The molecule has 1 aliphatic heterocycles. The summed E-state index contributed by atoms with van der Waals surface area (Å²) >= 11 is 0. The molecule has 0 bridgehead atoms. The molecule has 1 aromatic carbocycles. The number of carbonyl (C=O) groups excluding carboxylic acids is 1. The van der Waals surface area contributed by atoms with Crippen molar-refractivity contribution in [2.75, 3.05) is 6.54 Å². The molecule has 3 aromatic rings. The van der Waals surface area contributed by atoms with E-state index in [9.17, 15) is 4.79 Å². The van der Waals surface area contributed by atoms with E-state index in [1.165, 1.54) is 0 Å². The van der Waals surface area contributed by atoms with Gasteiger partial charge < -0.3 is 9.88 Å². The number of hydrogen-bond acceptors (Lipinski definition) is 3. The lowest BCUT2D eigenvalue weighted by molar-refractivity contribution is 0.0730. The zero-order valence-electron chi connectivity index (χ0n) is 12.1. The predicted molar refractivity (Wildman–Crippen MR) is 83.3 cm³/mol. The third kappa shape index (κ3) is 2.15. The minimum absolute atomic E-state index is 0.0214. The van der Waals surface area contributed by atoms with Crippen molar-refractivity contribution < 1.29 is 4.79 Å². The van der Waals surface area contributed by atoms with E-state index in [-0.39, 0.29) is 11.9 Å². The topological polar surface area (TPSA) is 61.9 Å². The van der Waals surface area contributed by atoms with Crippen molar-refractivity contribution in [2.45, 2.75) is 18.9 Å². The van der Waals surface area contributed by atoms with Crippen LogP contribution < -0.4 is 0 Å². The summed E-state index contributed by atoms with van der Waals surface area (Å²) in [6.45, 7) is 0.767. The first-order valence-electron chi connectivity index (χ1n) is 7.48. The van der Waals surface area contributed by atoms with Gasteiger partial charge in [0.25, 0.3) is 5.91 Å². The smallest absolute Gasteiger partial charge is 0.254 e. The lowest BCUT2D eigenvalue weighted by Gasteiger charge is -2.23. The van der Waals surface area contributed by atoms with Gasteiger partial charge in [-0.1, -0.05) is 12.1 Å². The number of rotatable bonds is 2. The van der Waals surface area contributed by atoms with E-state index in [0.717, 1.165) is 36.2 Å². The largest absolute Gasteiger partial charge is 0.340 e. The fourth-order valence-corrected chi connectivity index (χ4v) is 3.08. The third-order valence-electron chi connectivity index (χ3n) is 4.16. The highest BCUT2D eigenvalue weighted by atomic mass is 16.2. The van der Waals surface area contributed by atoms with Gasteiger partial charge in [0, 0.05) is 24.5 Å². The molecular formula is C17H16N4O. The van der Waals surface area contributed by atoms with Crippen LogP contribution in [0.25, 0.3) is 11.0 Å². The van der Waals surface area contributed by atoms with E-state index in [0.29, 0.717) is 5.56 Å². The molecule has 1 amide bonds. The van der Waals surface area contributed by atoms with Gasteiger partial charge in [0.2, 0.25) is 0 Å². The Balaban J connectivity index is 1.67. The lowest BCUT2D eigenvalue weighted by atomic mass is 10.2. The van der Waals surface area contributed by atoms with Crippen LogP contribution in [0.2, 0.25) is 0 Å². The summed E-state index contributed by atoms with van der Waals surface area (Å²) in [6.07, 6.45) is 5.24. The third-order valence-corrected chi connectivity index (χ3v) is 4.16. The van der Waals surface area contributed by atoms with Gasteiger partial charge in [0.05, 0.1) is 17.1 Å². The van der Waals surface area contributed by atoms with Gasteiger partial charge >= 0.3 is 0 Å². The molecule has 1 saturated heterocycles. The van der Waals surface area contributed by atoms with Crippen LogP contribution in [0.5, 0.6) is 0 Å². The monoisotopic (exact) mass is 292 g/mol. The summed E-state index contributed by atoms with van der Waals surface area (Å²) in [4.78, 5) is 26.6. The minimum Gasteiger partial charge on any atom is -0.340 e. The Hall–Kier alpha value is -2.69. The summed E-state index contributed by atoms with van der Waals surface area (Å²) in [5.74, 6) is 0.923. The van der Waals surface area contributed by atoms with E-state index in [2.05, 4.69) is 15.0 Å². The molecule has 4 rings (SSSR count). The van der Waals surface area contributed by atoms with Gasteiger partial charge in [0.1, 0.15) is 5.82 Å².